The largest absolute Gasteiger partial charge is 0.393 e. The average molecular weight is 502 g/mol. The molecule has 1 aliphatic rings. The van der Waals surface area contributed by atoms with E-state index in [9.17, 15) is 5.11 Å². The zero-order valence-corrected chi connectivity index (χ0v) is 18.1. The van der Waals surface area contributed by atoms with Crippen molar-refractivity contribution in [3.05, 3.63) is 22.3 Å². The number of pyridine rings is 1. The van der Waals surface area contributed by atoms with Crippen LogP contribution in [0.5, 0.6) is 0 Å². The Hall–Kier alpha value is -0.510. The van der Waals surface area contributed by atoms with Gasteiger partial charge in [0.2, 0.25) is 0 Å². The fourth-order valence-corrected chi connectivity index (χ4v) is 3.07. The SMILES string of the molecule is CCNC(=NCCNc1ncc(Cl)cc1Cl)NC1CCC(O)CC1.I. The molecule has 1 aromatic heterocycles. The van der Waals surface area contributed by atoms with Crippen LogP contribution in [0.3, 0.4) is 0 Å². The quantitative estimate of drug-likeness (QED) is 0.208. The zero-order valence-electron chi connectivity index (χ0n) is 14.3. The number of hydrogen-bond acceptors (Lipinski definition) is 4. The van der Waals surface area contributed by atoms with Crippen molar-refractivity contribution in [1.82, 2.24) is 15.6 Å². The minimum absolute atomic E-state index is 0. The van der Waals surface area contributed by atoms with Gasteiger partial charge in [-0.3, -0.25) is 4.99 Å². The summed E-state index contributed by atoms with van der Waals surface area (Å²) in [6.07, 6.45) is 5.03. The van der Waals surface area contributed by atoms with Gasteiger partial charge in [-0.05, 0) is 38.7 Å². The summed E-state index contributed by atoms with van der Waals surface area (Å²) in [6.45, 7) is 4.05. The van der Waals surface area contributed by atoms with Crippen molar-refractivity contribution in [3.8, 4) is 0 Å². The Labute approximate surface area is 176 Å². The first kappa shape index (κ1) is 22.5. The first-order valence-electron chi connectivity index (χ1n) is 8.36. The summed E-state index contributed by atoms with van der Waals surface area (Å²) in [4.78, 5) is 8.71. The molecule has 4 N–H and O–H groups in total. The van der Waals surface area contributed by atoms with Crippen LogP contribution in [0.2, 0.25) is 10.0 Å². The van der Waals surface area contributed by atoms with E-state index in [4.69, 9.17) is 23.2 Å². The zero-order chi connectivity index (χ0) is 17.4. The Morgan fingerprint density at radius 1 is 1.32 bits per heavy atom. The molecule has 0 aromatic carbocycles. The topological polar surface area (TPSA) is 81.6 Å². The molecule has 0 saturated heterocycles. The summed E-state index contributed by atoms with van der Waals surface area (Å²) in [5.41, 5.74) is 0. The van der Waals surface area contributed by atoms with Crippen molar-refractivity contribution >= 4 is 59.0 Å². The molecule has 142 valence electrons. The van der Waals surface area contributed by atoms with Gasteiger partial charge in [-0.2, -0.15) is 0 Å². The van der Waals surface area contributed by atoms with Gasteiger partial charge < -0.3 is 21.1 Å². The molecule has 1 fully saturated rings. The number of aromatic nitrogens is 1. The van der Waals surface area contributed by atoms with Crippen LogP contribution in [0.1, 0.15) is 32.6 Å². The van der Waals surface area contributed by atoms with E-state index in [1.54, 1.807) is 12.3 Å². The predicted molar refractivity (Wildman–Crippen MR) is 116 cm³/mol. The molecule has 9 heteroatoms. The number of hydrogen-bond donors (Lipinski definition) is 4. The summed E-state index contributed by atoms with van der Waals surface area (Å²) in [5.74, 6) is 1.41. The van der Waals surface area contributed by atoms with Crippen molar-refractivity contribution in [3.63, 3.8) is 0 Å². The number of halogens is 3. The van der Waals surface area contributed by atoms with Crippen molar-refractivity contribution in [2.24, 2.45) is 4.99 Å². The molecule has 1 heterocycles. The van der Waals surface area contributed by atoms with Crippen LogP contribution in [0.4, 0.5) is 5.82 Å². The molecular formula is C16H26Cl2IN5O. The summed E-state index contributed by atoms with van der Waals surface area (Å²) < 4.78 is 0. The molecule has 0 unspecified atom stereocenters. The van der Waals surface area contributed by atoms with Crippen LogP contribution < -0.4 is 16.0 Å². The molecule has 2 rings (SSSR count). The first-order chi connectivity index (χ1) is 11.6. The lowest BCUT2D eigenvalue weighted by Gasteiger charge is -2.27. The minimum atomic E-state index is -0.150. The van der Waals surface area contributed by atoms with Crippen LogP contribution in [0.25, 0.3) is 0 Å². The number of anilines is 1. The maximum atomic E-state index is 9.58. The first-order valence-corrected chi connectivity index (χ1v) is 9.12. The van der Waals surface area contributed by atoms with E-state index in [1.807, 2.05) is 6.92 Å². The second kappa shape index (κ2) is 12.0. The van der Waals surface area contributed by atoms with Gasteiger partial charge in [-0.15, -0.1) is 24.0 Å². The summed E-state index contributed by atoms with van der Waals surface area (Å²) >= 11 is 11.9. The van der Waals surface area contributed by atoms with Gasteiger partial charge in [0.15, 0.2) is 5.96 Å². The number of nitrogens with zero attached hydrogens (tertiary/aromatic N) is 2. The van der Waals surface area contributed by atoms with Crippen LogP contribution >= 0.6 is 47.2 Å². The molecule has 1 aliphatic carbocycles. The highest BCUT2D eigenvalue weighted by Crippen LogP contribution is 2.22. The third-order valence-corrected chi connectivity index (χ3v) is 4.36. The molecular weight excluding hydrogens is 476 g/mol. The molecule has 0 radical (unpaired) electrons. The maximum absolute atomic E-state index is 9.58. The normalized spacial score (nSPS) is 20.6. The highest BCUT2D eigenvalue weighted by molar-refractivity contribution is 14.0. The molecule has 1 aromatic rings. The van der Waals surface area contributed by atoms with E-state index in [2.05, 4.69) is 25.9 Å². The van der Waals surface area contributed by atoms with E-state index in [0.717, 1.165) is 38.2 Å². The third-order valence-electron chi connectivity index (χ3n) is 3.86. The fraction of sp³-hybridized carbons (Fsp3) is 0.625. The van der Waals surface area contributed by atoms with Crippen molar-refractivity contribution in [2.75, 3.05) is 25.0 Å². The summed E-state index contributed by atoms with van der Waals surface area (Å²) in [7, 11) is 0. The highest BCUT2D eigenvalue weighted by Gasteiger charge is 2.19. The van der Waals surface area contributed by atoms with E-state index in [1.165, 1.54) is 0 Å². The molecule has 25 heavy (non-hydrogen) atoms. The molecule has 1 saturated carbocycles. The monoisotopic (exact) mass is 501 g/mol. The van der Waals surface area contributed by atoms with Crippen LogP contribution in [0.15, 0.2) is 17.3 Å². The lowest BCUT2D eigenvalue weighted by atomic mass is 9.93. The molecule has 0 aliphatic heterocycles. The molecule has 6 nitrogen and oxygen atoms in total. The Kier molecular flexibility index (Phi) is 10.8. The van der Waals surface area contributed by atoms with Crippen molar-refractivity contribution in [1.29, 1.82) is 0 Å². The third kappa shape index (κ3) is 8.15. The standard InChI is InChI=1S/C16H25Cl2N5O.HI/c1-2-19-16(23-12-3-5-13(24)6-4-12)21-8-7-20-15-14(18)9-11(17)10-22-15;/h9-10,12-13,24H,2-8H2,1H3,(H,20,22)(H2,19,21,23);1H. The second-order valence-electron chi connectivity index (χ2n) is 5.82. The van der Waals surface area contributed by atoms with E-state index in [-0.39, 0.29) is 30.1 Å². The van der Waals surface area contributed by atoms with Gasteiger partial charge in [-0.1, -0.05) is 23.2 Å². The van der Waals surface area contributed by atoms with Crippen LogP contribution in [-0.4, -0.2) is 47.8 Å². The van der Waals surface area contributed by atoms with E-state index < -0.39 is 0 Å². The average Bonchev–Trinajstić information content (AvgIpc) is 2.55. The number of aliphatic imine (C=N–C) groups is 1. The van der Waals surface area contributed by atoms with Gasteiger partial charge >= 0.3 is 0 Å². The highest BCUT2D eigenvalue weighted by atomic mass is 127. The lowest BCUT2D eigenvalue weighted by molar-refractivity contribution is 0.120. The second-order valence-corrected chi connectivity index (χ2v) is 6.66. The van der Waals surface area contributed by atoms with Crippen molar-refractivity contribution in [2.45, 2.75) is 44.8 Å². The fourth-order valence-electron chi connectivity index (χ4n) is 2.62. The number of nitrogens with one attached hydrogen (secondary N) is 3. The number of aliphatic hydroxyl groups excluding tert-OH is 1. The van der Waals surface area contributed by atoms with E-state index >= 15 is 0 Å². The Balaban J connectivity index is 0.00000312. The van der Waals surface area contributed by atoms with Gasteiger partial charge in [0.1, 0.15) is 5.82 Å². The summed E-state index contributed by atoms with van der Waals surface area (Å²) in [6, 6.07) is 2.02. The van der Waals surface area contributed by atoms with Gasteiger partial charge in [0.05, 0.1) is 22.7 Å². The van der Waals surface area contributed by atoms with Gasteiger partial charge in [-0.25, -0.2) is 4.98 Å². The number of guanidine groups is 1. The number of aliphatic hydroxyl groups is 1. The van der Waals surface area contributed by atoms with Crippen LogP contribution in [0, 0.1) is 0 Å². The smallest absolute Gasteiger partial charge is 0.191 e. The predicted octanol–water partition coefficient (Wildman–Crippen LogP) is 3.28. The lowest BCUT2D eigenvalue weighted by Crippen LogP contribution is -2.45. The molecule has 0 spiro atoms. The van der Waals surface area contributed by atoms with Gasteiger partial charge in [0, 0.05) is 25.3 Å². The summed E-state index contributed by atoms with van der Waals surface area (Å²) in [5, 5.41) is 20.4. The maximum Gasteiger partial charge on any atom is 0.191 e. The van der Waals surface area contributed by atoms with Crippen molar-refractivity contribution < 1.29 is 5.11 Å². The Morgan fingerprint density at radius 3 is 2.68 bits per heavy atom. The Bertz CT molecular complexity index is 553. The van der Waals surface area contributed by atoms with Crippen LogP contribution in [-0.2, 0) is 0 Å². The Morgan fingerprint density at radius 2 is 2.04 bits per heavy atom. The number of rotatable bonds is 6. The molecule has 0 bridgehead atoms. The molecule has 0 atom stereocenters. The minimum Gasteiger partial charge on any atom is -0.393 e. The van der Waals surface area contributed by atoms with Gasteiger partial charge in [0.25, 0.3) is 0 Å². The van der Waals surface area contributed by atoms with E-state index in [0.29, 0.717) is 35.0 Å². The molecule has 0 amide bonds.